The number of furan rings is 1. The van der Waals surface area contributed by atoms with Crippen LogP contribution in [0.4, 0.5) is 0 Å². The molecule has 0 unspecified atom stereocenters. The van der Waals surface area contributed by atoms with Gasteiger partial charge in [-0.3, -0.25) is 0 Å². The van der Waals surface area contributed by atoms with Gasteiger partial charge < -0.3 is 4.42 Å². The minimum Gasteiger partial charge on any atom is -0.456 e. The van der Waals surface area contributed by atoms with Gasteiger partial charge >= 0.3 is 0 Å². The van der Waals surface area contributed by atoms with Gasteiger partial charge in [-0.15, -0.1) is 0 Å². The molecule has 2 aromatic heterocycles. The van der Waals surface area contributed by atoms with Crippen molar-refractivity contribution >= 4 is 43.5 Å². The smallest absolute Gasteiger partial charge is 0.164 e. The third-order valence-electron chi connectivity index (χ3n) is 9.71. The Bertz CT molecular complexity index is 2910. The van der Waals surface area contributed by atoms with Crippen molar-refractivity contribution in [3.63, 3.8) is 0 Å². The molecule has 0 fully saturated rings. The molecule has 51 heavy (non-hydrogen) atoms. The van der Waals surface area contributed by atoms with E-state index in [9.17, 15) is 0 Å². The summed E-state index contributed by atoms with van der Waals surface area (Å²) in [5, 5.41) is 6.95. The maximum Gasteiger partial charge on any atom is 0.164 e. The molecule has 10 rings (SSSR count). The van der Waals surface area contributed by atoms with E-state index in [1.54, 1.807) is 0 Å². The van der Waals surface area contributed by atoms with Gasteiger partial charge in [0, 0.05) is 27.5 Å². The Labute approximate surface area is 294 Å². The van der Waals surface area contributed by atoms with Gasteiger partial charge in [-0.1, -0.05) is 146 Å². The van der Waals surface area contributed by atoms with Crippen LogP contribution >= 0.6 is 0 Å². The molecule has 4 heteroatoms. The zero-order valence-corrected chi connectivity index (χ0v) is 27.5. The van der Waals surface area contributed by atoms with Crippen molar-refractivity contribution in [3.8, 4) is 56.4 Å². The zero-order valence-electron chi connectivity index (χ0n) is 27.5. The maximum atomic E-state index is 6.24. The molecule has 0 atom stereocenters. The van der Waals surface area contributed by atoms with Crippen LogP contribution in [0.5, 0.6) is 0 Å². The van der Waals surface area contributed by atoms with Crippen LogP contribution in [-0.2, 0) is 0 Å². The molecule has 10 aromatic rings. The third kappa shape index (κ3) is 5.04. The second kappa shape index (κ2) is 11.9. The molecular formula is C47H29N3O. The van der Waals surface area contributed by atoms with Crippen LogP contribution in [0.25, 0.3) is 99.9 Å². The first-order chi connectivity index (χ1) is 25.3. The summed E-state index contributed by atoms with van der Waals surface area (Å²) in [5.41, 5.74) is 8.99. The molecule has 0 N–H and O–H groups in total. The van der Waals surface area contributed by atoms with E-state index in [0.29, 0.717) is 17.5 Å². The molecular weight excluding hydrogens is 623 g/mol. The molecule has 0 amide bonds. The predicted molar refractivity (Wildman–Crippen MR) is 209 cm³/mol. The molecule has 0 spiro atoms. The van der Waals surface area contributed by atoms with E-state index in [2.05, 4.69) is 115 Å². The van der Waals surface area contributed by atoms with Gasteiger partial charge in [0.25, 0.3) is 0 Å². The Kier molecular flexibility index (Phi) is 6.78. The van der Waals surface area contributed by atoms with Crippen LogP contribution in [0.1, 0.15) is 0 Å². The van der Waals surface area contributed by atoms with Crippen molar-refractivity contribution in [3.05, 3.63) is 176 Å². The van der Waals surface area contributed by atoms with E-state index in [4.69, 9.17) is 19.4 Å². The van der Waals surface area contributed by atoms with Crippen molar-refractivity contribution < 1.29 is 4.42 Å². The summed E-state index contributed by atoms with van der Waals surface area (Å²) < 4.78 is 6.24. The molecule has 8 aromatic carbocycles. The highest BCUT2D eigenvalue weighted by molar-refractivity contribution is 6.14. The highest BCUT2D eigenvalue weighted by atomic mass is 16.3. The fourth-order valence-electron chi connectivity index (χ4n) is 7.28. The monoisotopic (exact) mass is 651 g/mol. The number of para-hydroxylation sites is 1. The molecule has 4 nitrogen and oxygen atoms in total. The minimum atomic E-state index is 0.602. The number of aromatic nitrogens is 3. The molecule has 0 saturated heterocycles. The first kappa shape index (κ1) is 29.0. The summed E-state index contributed by atoms with van der Waals surface area (Å²) in [6.07, 6.45) is 0. The lowest BCUT2D eigenvalue weighted by Gasteiger charge is -2.14. The fourth-order valence-corrected chi connectivity index (χ4v) is 7.28. The number of benzene rings is 8. The van der Waals surface area contributed by atoms with Gasteiger partial charge in [0.1, 0.15) is 11.2 Å². The summed E-state index contributed by atoms with van der Waals surface area (Å²) in [6.45, 7) is 0. The normalized spacial score (nSPS) is 11.5. The number of hydrogen-bond donors (Lipinski definition) is 0. The first-order valence-corrected chi connectivity index (χ1v) is 17.1. The van der Waals surface area contributed by atoms with Crippen LogP contribution < -0.4 is 0 Å². The number of nitrogens with zero attached hydrogens (tertiary/aromatic N) is 3. The second-order valence-electron chi connectivity index (χ2n) is 12.8. The van der Waals surface area contributed by atoms with Gasteiger partial charge in [-0.05, 0) is 74.1 Å². The van der Waals surface area contributed by atoms with E-state index in [-0.39, 0.29) is 0 Å². The Balaban J connectivity index is 1.18. The van der Waals surface area contributed by atoms with E-state index < -0.39 is 0 Å². The molecule has 0 aliphatic rings. The van der Waals surface area contributed by atoms with Gasteiger partial charge in [-0.25, -0.2) is 15.0 Å². The lowest BCUT2D eigenvalue weighted by Crippen LogP contribution is -2.00. The third-order valence-corrected chi connectivity index (χ3v) is 9.71. The Morgan fingerprint density at radius 2 is 0.941 bits per heavy atom. The van der Waals surface area contributed by atoms with Crippen molar-refractivity contribution in [2.45, 2.75) is 0 Å². The highest BCUT2D eigenvalue weighted by Crippen LogP contribution is 2.39. The second-order valence-corrected chi connectivity index (χ2v) is 12.8. The largest absolute Gasteiger partial charge is 0.456 e. The van der Waals surface area contributed by atoms with Crippen molar-refractivity contribution in [1.82, 2.24) is 15.0 Å². The van der Waals surface area contributed by atoms with Gasteiger partial charge in [0.15, 0.2) is 17.5 Å². The van der Waals surface area contributed by atoms with Crippen LogP contribution in [0, 0.1) is 0 Å². The van der Waals surface area contributed by atoms with E-state index in [1.807, 2.05) is 60.7 Å². The average molecular weight is 652 g/mol. The number of rotatable bonds is 5. The summed E-state index contributed by atoms with van der Waals surface area (Å²) in [6, 6.07) is 61.2. The van der Waals surface area contributed by atoms with Crippen molar-refractivity contribution in [1.29, 1.82) is 0 Å². The Hall–Kier alpha value is -6.91. The topological polar surface area (TPSA) is 51.8 Å². The molecule has 0 saturated carbocycles. The molecule has 238 valence electrons. The van der Waals surface area contributed by atoms with Gasteiger partial charge in [-0.2, -0.15) is 0 Å². The Morgan fingerprint density at radius 3 is 1.78 bits per heavy atom. The minimum absolute atomic E-state index is 0.602. The van der Waals surface area contributed by atoms with Crippen LogP contribution in [-0.4, -0.2) is 15.0 Å². The standard InChI is InChI=1S/C47H29N3O/c1-3-13-30(14-4-1)40-28-35(29-41-36-20-8-7-15-31(36)25-26-37(40)41)33-18-11-19-34(27-33)46-48-45(32-16-5-2-6-17-32)49-47(50-46)39-22-12-24-43-44(39)38-21-9-10-23-42(38)51-43/h1-29H. The van der Waals surface area contributed by atoms with Crippen LogP contribution in [0.15, 0.2) is 180 Å². The quantitative estimate of drug-likeness (QED) is 0.174. The lowest BCUT2D eigenvalue weighted by molar-refractivity contribution is 0.669. The summed E-state index contributed by atoms with van der Waals surface area (Å²) in [7, 11) is 0. The fraction of sp³-hybridized carbons (Fsp3) is 0. The van der Waals surface area contributed by atoms with Gasteiger partial charge in [0.2, 0.25) is 0 Å². The predicted octanol–water partition coefficient (Wildman–Crippen LogP) is 12.4. The molecule has 0 aliphatic heterocycles. The van der Waals surface area contributed by atoms with E-state index >= 15 is 0 Å². The SMILES string of the molecule is c1ccc(-c2nc(-c3cccc(-c4cc(-c5ccccc5)c5ccc6ccccc6c5c4)c3)nc(-c3cccc4oc5ccccc5c34)n2)cc1. The molecule has 2 heterocycles. The zero-order chi connectivity index (χ0) is 33.7. The molecule has 0 radical (unpaired) electrons. The van der Waals surface area contributed by atoms with Crippen LogP contribution in [0.3, 0.4) is 0 Å². The molecule has 0 bridgehead atoms. The number of hydrogen-bond acceptors (Lipinski definition) is 4. The average Bonchev–Trinajstić information content (AvgIpc) is 3.60. The first-order valence-electron chi connectivity index (χ1n) is 17.1. The van der Waals surface area contributed by atoms with Crippen molar-refractivity contribution in [2.75, 3.05) is 0 Å². The lowest BCUT2D eigenvalue weighted by atomic mass is 9.90. The van der Waals surface area contributed by atoms with Crippen molar-refractivity contribution in [2.24, 2.45) is 0 Å². The van der Waals surface area contributed by atoms with Gasteiger partial charge in [0.05, 0.1) is 0 Å². The maximum absolute atomic E-state index is 6.24. The summed E-state index contributed by atoms with van der Waals surface area (Å²) >= 11 is 0. The number of fused-ring (bicyclic) bond motifs is 6. The highest BCUT2D eigenvalue weighted by Gasteiger charge is 2.18. The van der Waals surface area contributed by atoms with Crippen LogP contribution in [0.2, 0.25) is 0 Å². The Morgan fingerprint density at radius 1 is 0.314 bits per heavy atom. The van der Waals surface area contributed by atoms with E-state index in [0.717, 1.165) is 49.8 Å². The molecule has 0 aliphatic carbocycles. The summed E-state index contributed by atoms with van der Waals surface area (Å²) in [4.78, 5) is 15.3. The van der Waals surface area contributed by atoms with E-state index in [1.165, 1.54) is 32.7 Å². The summed E-state index contributed by atoms with van der Waals surface area (Å²) in [5.74, 6) is 1.83.